The number of carbonyl (C=O) groups is 1. The Kier molecular flexibility index (Phi) is 5.22. The van der Waals surface area contributed by atoms with E-state index in [0.717, 1.165) is 0 Å². The summed E-state index contributed by atoms with van der Waals surface area (Å²) in [5.74, 6) is 0.403. The van der Waals surface area contributed by atoms with Crippen LogP contribution < -0.4 is 21.5 Å². The van der Waals surface area contributed by atoms with Gasteiger partial charge in [0.25, 0.3) is 0 Å². The SMILES string of the molecule is COc1ccnc(-c2nc(NC(C)(C)CO)nc3c2C(N)C(C(N)=O)S3)c1. The number of ether oxygens (including phenoxy) is 1. The number of pyridine rings is 1. The number of aliphatic hydroxyl groups is 1. The molecule has 1 amide bonds. The Balaban J connectivity index is 2.15. The highest BCUT2D eigenvalue weighted by Gasteiger charge is 2.39. The maximum atomic E-state index is 11.8. The average molecular weight is 390 g/mol. The third kappa shape index (κ3) is 3.82. The van der Waals surface area contributed by atoms with Crippen LogP contribution in [0.5, 0.6) is 5.75 Å². The van der Waals surface area contributed by atoms with E-state index in [1.54, 1.807) is 25.4 Å². The summed E-state index contributed by atoms with van der Waals surface area (Å²) in [4.78, 5) is 25.2. The lowest BCUT2D eigenvalue weighted by atomic mass is 10.0. The van der Waals surface area contributed by atoms with E-state index in [1.165, 1.54) is 11.8 Å². The van der Waals surface area contributed by atoms with Crippen molar-refractivity contribution in [2.24, 2.45) is 11.5 Å². The fraction of sp³-hybridized carbons (Fsp3) is 0.412. The van der Waals surface area contributed by atoms with Gasteiger partial charge in [0, 0.05) is 17.8 Å². The van der Waals surface area contributed by atoms with Gasteiger partial charge >= 0.3 is 0 Å². The molecule has 0 bridgehead atoms. The molecule has 0 saturated carbocycles. The summed E-state index contributed by atoms with van der Waals surface area (Å²) in [6, 6.07) is 2.81. The molecule has 3 rings (SSSR count). The number of nitrogens with two attached hydrogens (primary N) is 2. The van der Waals surface area contributed by atoms with Gasteiger partial charge in [0.15, 0.2) is 0 Å². The first-order valence-electron chi connectivity index (χ1n) is 8.28. The van der Waals surface area contributed by atoms with Gasteiger partial charge in [0.05, 0.1) is 31.0 Å². The molecule has 0 saturated heterocycles. The molecule has 144 valence electrons. The summed E-state index contributed by atoms with van der Waals surface area (Å²) in [6.45, 7) is 3.52. The van der Waals surface area contributed by atoms with Crippen molar-refractivity contribution in [1.29, 1.82) is 0 Å². The lowest BCUT2D eigenvalue weighted by Gasteiger charge is -2.24. The molecule has 3 heterocycles. The number of carbonyl (C=O) groups excluding carboxylic acids is 1. The van der Waals surface area contributed by atoms with Gasteiger partial charge in [0.1, 0.15) is 21.7 Å². The van der Waals surface area contributed by atoms with E-state index in [4.69, 9.17) is 16.2 Å². The number of nitrogens with zero attached hydrogens (tertiary/aromatic N) is 3. The number of aromatic nitrogens is 3. The van der Waals surface area contributed by atoms with Gasteiger partial charge in [0.2, 0.25) is 11.9 Å². The maximum Gasteiger partial charge on any atom is 0.232 e. The van der Waals surface area contributed by atoms with Gasteiger partial charge in [-0.15, -0.1) is 0 Å². The second-order valence-corrected chi connectivity index (χ2v) is 7.96. The van der Waals surface area contributed by atoms with Crippen molar-refractivity contribution in [3.8, 4) is 17.1 Å². The highest BCUT2D eigenvalue weighted by Crippen LogP contribution is 2.45. The molecule has 2 aromatic rings. The normalized spacial score (nSPS) is 18.9. The van der Waals surface area contributed by atoms with Crippen LogP contribution in [0, 0.1) is 0 Å². The van der Waals surface area contributed by atoms with E-state index < -0.39 is 22.7 Å². The van der Waals surface area contributed by atoms with Crippen LogP contribution in [0.2, 0.25) is 0 Å². The van der Waals surface area contributed by atoms with Gasteiger partial charge in [-0.3, -0.25) is 9.78 Å². The van der Waals surface area contributed by atoms with Gasteiger partial charge in [-0.05, 0) is 19.9 Å². The van der Waals surface area contributed by atoms with Gasteiger partial charge in [-0.25, -0.2) is 9.97 Å². The highest BCUT2D eigenvalue weighted by atomic mass is 32.2. The number of primary amides is 1. The number of anilines is 1. The van der Waals surface area contributed by atoms with Crippen LogP contribution in [0.3, 0.4) is 0 Å². The molecule has 0 spiro atoms. The molecule has 1 aliphatic rings. The fourth-order valence-electron chi connectivity index (χ4n) is 2.68. The Morgan fingerprint density at radius 3 is 2.81 bits per heavy atom. The Bertz CT molecular complexity index is 876. The van der Waals surface area contributed by atoms with E-state index in [-0.39, 0.29) is 6.61 Å². The third-order valence-corrected chi connectivity index (χ3v) is 5.46. The molecule has 1 aliphatic heterocycles. The summed E-state index contributed by atoms with van der Waals surface area (Å²) in [5, 5.41) is 12.5. The number of fused-ring (bicyclic) bond motifs is 1. The Labute approximate surface area is 160 Å². The number of aliphatic hydroxyl groups excluding tert-OH is 1. The molecule has 0 fully saturated rings. The molecule has 0 radical (unpaired) electrons. The lowest BCUT2D eigenvalue weighted by molar-refractivity contribution is -0.117. The molecule has 0 aliphatic carbocycles. The van der Waals surface area contributed by atoms with Crippen molar-refractivity contribution in [1.82, 2.24) is 15.0 Å². The minimum Gasteiger partial charge on any atom is -0.497 e. The fourth-order valence-corrected chi connectivity index (χ4v) is 3.82. The first kappa shape index (κ1) is 19.3. The van der Waals surface area contributed by atoms with Crippen LogP contribution >= 0.6 is 11.8 Å². The number of methoxy groups -OCH3 is 1. The average Bonchev–Trinajstić information content (AvgIpc) is 2.97. The van der Waals surface area contributed by atoms with Crippen LogP contribution in [0.1, 0.15) is 25.5 Å². The Morgan fingerprint density at radius 2 is 2.19 bits per heavy atom. The zero-order valence-corrected chi connectivity index (χ0v) is 16.1. The van der Waals surface area contributed by atoms with Crippen LogP contribution in [-0.2, 0) is 4.79 Å². The van der Waals surface area contributed by atoms with E-state index in [9.17, 15) is 9.90 Å². The molecule has 10 heteroatoms. The number of nitrogens with one attached hydrogen (secondary N) is 1. The molecule has 27 heavy (non-hydrogen) atoms. The number of hydrogen-bond donors (Lipinski definition) is 4. The largest absolute Gasteiger partial charge is 0.497 e. The quantitative estimate of drug-likeness (QED) is 0.522. The Hall–Kier alpha value is -2.43. The summed E-state index contributed by atoms with van der Waals surface area (Å²) < 4.78 is 5.27. The predicted molar refractivity (Wildman–Crippen MR) is 102 cm³/mol. The Morgan fingerprint density at radius 1 is 1.44 bits per heavy atom. The van der Waals surface area contributed by atoms with Gasteiger partial charge in [-0.1, -0.05) is 11.8 Å². The zero-order chi connectivity index (χ0) is 19.8. The number of thioether (sulfide) groups is 1. The van der Waals surface area contributed by atoms with Crippen LogP contribution in [0.4, 0.5) is 5.95 Å². The molecule has 6 N–H and O–H groups in total. The summed E-state index contributed by atoms with van der Waals surface area (Å²) in [7, 11) is 1.56. The van der Waals surface area contributed by atoms with Crippen molar-refractivity contribution in [3.63, 3.8) is 0 Å². The lowest BCUT2D eigenvalue weighted by Crippen LogP contribution is -2.36. The first-order valence-corrected chi connectivity index (χ1v) is 9.16. The maximum absolute atomic E-state index is 11.8. The van der Waals surface area contributed by atoms with Crippen LogP contribution in [0.25, 0.3) is 11.4 Å². The first-order chi connectivity index (χ1) is 12.8. The van der Waals surface area contributed by atoms with E-state index >= 15 is 0 Å². The van der Waals surface area contributed by atoms with Crippen molar-refractivity contribution in [2.45, 2.75) is 35.7 Å². The van der Waals surface area contributed by atoms with Crippen molar-refractivity contribution in [2.75, 3.05) is 19.0 Å². The highest BCUT2D eigenvalue weighted by molar-refractivity contribution is 8.01. The molecular formula is C17H22N6O3S. The van der Waals surface area contributed by atoms with Crippen molar-refractivity contribution < 1.29 is 14.6 Å². The standard InChI is InChI=1S/C17H22N6O3S/c1-17(2,7-24)23-16-21-12(9-6-8(26-3)4-5-20-9)10-11(18)13(14(19)25)27-15(10)22-16/h4-6,11,13,24H,7,18H2,1-3H3,(H2,19,25)(H,21,22,23). The summed E-state index contributed by atoms with van der Waals surface area (Å²) >= 11 is 1.21. The molecule has 2 aromatic heterocycles. The predicted octanol–water partition coefficient (Wildman–Crippen LogP) is 0.689. The van der Waals surface area contributed by atoms with E-state index in [0.29, 0.717) is 33.7 Å². The molecule has 2 unspecified atom stereocenters. The van der Waals surface area contributed by atoms with Crippen molar-refractivity contribution >= 4 is 23.6 Å². The van der Waals surface area contributed by atoms with Gasteiger partial charge in [-0.2, -0.15) is 0 Å². The molecule has 0 aromatic carbocycles. The monoisotopic (exact) mass is 390 g/mol. The topological polar surface area (TPSA) is 149 Å². The van der Waals surface area contributed by atoms with E-state index in [2.05, 4.69) is 20.3 Å². The van der Waals surface area contributed by atoms with Crippen LogP contribution in [0.15, 0.2) is 23.4 Å². The summed E-state index contributed by atoms with van der Waals surface area (Å²) in [5.41, 5.74) is 12.8. The van der Waals surface area contributed by atoms with Gasteiger partial charge < -0.3 is 26.6 Å². The van der Waals surface area contributed by atoms with E-state index in [1.807, 2.05) is 13.8 Å². The second-order valence-electron chi connectivity index (χ2n) is 6.83. The minimum atomic E-state index is -0.648. The third-order valence-electron chi connectivity index (χ3n) is 4.14. The zero-order valence-electron chi connectivity index (χ0n) is 15.3. The number of amides is 1. The number of hydrogen-bond acceptors (Lipinski definition) is 9. The number of rotatable bonds is 6. The van der Waals surface area contributed by atoms with Crippen molar-refractivity contribution in [3.05, 3.63) is 23.9 Å². The minimum absolute atomic E-state index is 0.114. The smallest absolute Gasteiger partial charge is 0.232 e. The molecule has 2 atom stereocenters. The van der Waals surface area contributed by atoms with Crippen LogP contribution in [-0.4, -0.2) is 50.5 Å². The molecule has 9 nitrogen and oxygen atoms in total. The second kappa shape index (κ2) is 7.29. The molecular weight excluding hydrogens is 368 g/mol. The summed E-state index contributed by atoms with van der Waals surface area (Å²) in [6.07, 6.45) is 1.60.